The summed E-state index contributed by atoms with van der Waals surface area (Å²) in [7, 11) is 0. The molecule has 2 aliphatic rings. The normalized spacial score (nSPS) is 20.1. The molecule has 1 atom stereocenters. The van der Waals surface area contributed by atoms with Crippen LogP contribution < -0.4 is 15.1 Å². The summed E-state index contributed by atoms with van der Waals surface area (Å²) in [5.74, 6) is -1.86. The lowest BCUT2D eigenvalue weighted by molar-refractivity contribution is -0.120. The lowest BCUT2D eigenvalue weighted by Crippen LogP contribution is -2.36. The fourth-order valence-corrected chi connectivity index (χ4v) is 4.13. The van der Waals surface area contributed by atoms with Crippen LogP contribution in [0.4, 0.5) is 20.2 Å². The standard InChI is InChI=1S/C19H23F2N7O2/c1-12(29)22-9-13-6-18(30)27(10-13)15-7-16(20)19(17(21)8-15)26-4-2-14(3-5-26)28-24-11-23-25-28/h7-8,11,13-14H,2-6,9-10H2,1H3,(H,22,29)/t13-/m0/s1. The van der Waals surface area contributed by atoms with Crippen molar-refractivity contribution in [3.8, 4) is 0 Å². The van der Waals surface area contributed by atoms with Crippen molar-refractivity contribution >= 4 is 23.2 Å². The maximum absolute atomic E-state index is 14.9. The first-order chi connectivity index (χ1) is 14.4. The Kier molecular flexibility index (Phi) is 5.60. The average molecular weight is 419 g/mol. The average Bonchev–Trinajstić information content (AvgIpc) is 3.36. The van der Waals surface area contributed by atoms with Crippen molar-refractivity contribution in [1.29, 1.82) is 0 Å². The Hall–Kier alpha value is -3.11. The van der Waals surface area contributed by atoms with Crippen LogP contribution in [0.3, 0.4) is 0 Å². The van der Waals surface area contributed by atoms with Crippen molar-refractivity contribution in [1.82, 2.24) is 25.5 Å². The molecule has 2 amide bonds. The summed E-state index contributed by atoms with van der Waals surface area (Å²) < 4.78 is 29.8. The molecule has 1 N–H and O–H groups in total. The van der Waals surface area contributed by atoms with Gasteiger partial charge < -0.3 is 15.1 Å². The predicted molar refractivity (Wildman–Crippen MR) is 104 cm³/mol. The minimum Gasteiger partial charge on any atom is -0.367 e. The van der Waals surface area contributed by atoms with E-state index >= 15 is 0 Å². The molecule has 1 aromatic carbocycles. The molecule has 0 aliphatic carbocycles. The molecule has 1 aromatic heterocycles. The van der Waals surface area contributed by atoms with Crippen molar-refractivity contribution < 1.29 is 18.4 Å². The summed E-state index contributed by atoms with van der Waals surface area (Å²) in [4.78, 5) is 28.0. The highest BCUT2D eigenvalue weighted by atomic mass is 19.1. The molecule has 2 aliphatic heterocycles. The van der Waals surface area contributed by atoms with Crippen LogP contribution in [0.5, 0.6) is 0 Å². The third kappa shape index (κ3) is 4.10. The van der Waals surface area contributed by atoms with Gasteiger partial charge >= 0.3 is 0 Å². The Balaban J connectivity index is 1.45. The van der Waals surface area contributed by atoms with E-state index in [2.05, 4.69) is 20.7 Å². The highest BCUT2D eigenvalue weighted by molar-refractivity contribution is 5.96. The summed E-state index contributed by atoms with van der Waals surface area (Å²) in [6.45, 7) is 2.99. The van der Waals surface area contributed by atoms with E-state index in [0.29, 0.717) is 39.0 Å². The second-order valence-electron chi connectivity index (χ2n) is 7.74. The van der Waals surface area contributed by atoms with Gasteiger partial charge in [0.2, 0.25) is 11.8 Å². The number of amides is 2. The zero-order valence-corrected chi connectivity index (χ0v) is 16.6. The van der Waals surface area contributed by atoms with Crippen molar-refractivity contribution in [2.75, 3.05) is 36.0 Å². The molecule has 2 fully saturated rings. The van der Waals surface area contributed by atoms with Gasteiger partial charge in [0.25, 0.3) is 0 Å². The summed E-state index contributed by atoms with van der Waals surface area (Å²) in [6.07, 6.45) is 2.89. The second kappa shape index (κ2) is 8.33. The first kappa shape index (κ1) is 20.2. The van der Waals surface area contributed by atoms with E-state index in [4.69, 9.17) is 0 Å². The first-order valence-electron chi connectivity index (χ1n) is 9.93. The number of benzene rings is 1. The van der Waals surface area contributed by atoms with Crippen molar-refractivity contribution in [2.24, 2.45) is 5.92 Å². The molecular formula is C19H23F2N7O2. The molecule has 3 heterocycles. The van der Waals surface area contributed by atoms with Crippen LogP contribution >= 0.6 is 0 Å². The number of anilines is 2. The molecule has 4 rings (SSSR count). The van der Waals surface area contributed by atoms with Crippen LogP contribution in [0.2, 0.25) is 0 Å². The predicted octanol–water partition coefficient (Wildman–Crippen LogP) is 1.28. The molecule has 30 heavy (non-hydrogen) atoms. The zero-order chi connectivity index (χ0) is 21.3. The molecule has 0 radical (unpaired) electrons. The smallest absolute Gasteiger partial charge is 0.227 e. The SMILES string of the molecule is CC(=O)NC[C@@H]1CC(=O)N(c2cc(F)c(N3CCC(n4ncnn4)CC3)c(F)c2)C1. The number of nitrogens with zero attached hydrogens (tertiary/aromatic N) is 6. The highest BCUT2D eigenvalue weighted by Gasteiger charge is 2.32. The van der Waals surface area contributed by atoms with Gasteiger partial charge in [-0.05, 0) is 30.2 Å². The van der Waals surface area contributed by atoms with E-state index in [1.54, 1.807) is 4.90 Å². The number of piperidine rings is 1. The lowest BCUT2D eigenvalue weighted by Gasteiger charge is -2.33. The number of tetrazole rings is 1. The van der Waals surface area contributed by atoms with Gasteiger partial charge in [0.15, 0.2) is 18.0 Å². The molecule has 160 valence electrons. The monoisotopic (exact) mass is 419 g/mol. The Labute approximate surface area is 172 Å². The first-order valence-corrected chi connectivity index (χ1v) is 9.93. The van der Waals surface area contributed by atoms with Gasteiger partial charge in [-0.15, -0.1) is 10.2 Å². The summed E-state index contributed by atoms with van der Waals surface area (Å²) >= 11 is 0. The third-order valence-electron chi connectivity index (χ3n) is 5.63. The molecule has 0 saturated carbocycles. The van der Waals surface area contributed by atoms with Crippen molar-refractivity contribution in [3.05, 3.63) is 30.1 Å². The summed E-state index contributed by atoms with van der Waals surface area (Å²) in [6, 6.07) is 2.47. The largest absolute Gasteiger partial charge is 0.367 e. The summed E-state index contributed by atoms with van der Waals surface area (Å²) in [5.41, 5.74) is 0.121. The number of hydrogen-bond acceptors (Lipinski definition) is 6. The number of carbonyl (C=O) groups is 2. The molecule has 9 nitrogen and oxygen atoms in total. The van der Waals surface area contributed by atoms with Gasteiger partial charge in [-0.25, -0.2) is 8.78 Å². The van der Waals surface area contributed by atoms with Gasteiger partial charge in [-0.1, -0.05) is 0 Å². The fourth-order valence-electron chi connectivity index (χ4n) is 4.13. The molecular weight excluding hydrogens is 396 g/mol. The van der Waals surface area contributed by atoms with Crippen LogP contribution in [0.1, 0.15) is 32.2 Å². The molecule has 0 bridgehead atoms. The van der Waals surface area contributed by atoms with Crippen LogP contribution in [0, 0.1) is 17.6 Å². The van der Waals surface area contributed by atoms with Crippen LogP contribution in [-0.4, -0.2) is 58.2 Å². The van der Waals surface area contributed by atoms with Gasteiger partial charge in [-0.3, -0.25) is 9.59 Å². The molecule has 0 unspecified atom stereocenters. The number of carbonyl (C=O) groups excluding carboxylic acids is 2. The number of aromatic nitrogens is 4. The molecule has 11 heteroatoms. The van der Waals surface area contributed by atoms with Gasteiger partial charge in [0.05, 0.1) is 6.04 Å². The maximum Gasteiger partial charge on any atom is 0.227 e. The quantitative estimate of drug-likeness (QED) is 0.785. The van der Waals surface area contributed by atoms with E-state index in [1.807, 2.05) is 0 Å². The zero-order valence-electron chi connectivity index (χ0n) is 16.6. The highest BCUT2D eigenvalue weighted by Crippen LogP contribution is 2.34. The Morgan fingerprint density at radius 3 is 2.53 bits per heavy atom. The van der Waals surface area contributed by atoms with Gasteiger partial charge in [-0.2, -0.15) is 4.80 Å². The van der Waals surface area contributed by atoms with Crippen LogP contribution in [0.25, 0.3) is 0 Å². The van der Waals surface area contributed by atoms with E-state index < -0.39 is 11.6 Å². The van der Waals surface area contributed by atoms with Crippen LogP contribution in [0.15, 0.2) is 18.5 Å². The van der Waals surface area contributed by atoms with E-state index in [1.165, 1.54) is 35.1 Å². The fraction of sp³-hybridized carbons (Fsp3) is 0.526. The van der Waals surface area contributed by atoms with E-state index in [-0.39, 0.29) is 41.6 Å². The van der Waals surface area contributed by atoms with E-state index in [0.717, 1.165) is 0 Å². The van der Waals surface area contributed by atoms with Crippen molar-refractivity contribution in [2.45, 2.75) is 32.2 Å². The Bertz CT molecular complexity index is 906. The minimum atomic E-state index is -0.694. The van der Waals surface area contributed by atoms with Crippen molar-refractivity contribution in [3.63, 3.8) is 0 Å². The molecule has 0 spiro atoms. The number of hydrogen-bond donors (Lipinski definition) is 1. The maximum atomic E-state index is 14.9. The number of nitrogens with one attached hydrogen (secondary N) is 1. The number of rotatable bonds is 5. The summed E-state index contributed by atoms with van der Waals surface area (Å²) in [5, 5.41) is 14.3. The third-order valence-corrected chi connectivity index (χ3v) is 5.63. The van der Waals surface area contributed by atoms with Gasteiger partial charge in [0, 0.05) is 51.1 Å². The second-order valence-corrected chi connectivity index (χ2v) is 7.74. The molecule has 2 saturated heterocycles. The topological polar surface area (TPSA) is 96.2 Å². The van der Waals surface area contributed by atoms with Crippen LogP contribution in [-0.2, 0) is 9.59 Å². The Morgan fingerprint density at radius 2 is 1.93 bits per heavy atom. The lowest BCUT2D eigenvalue weighted by atomic mass is 10.0. The number of halogens is 2. The minimum absolute atomic E-state index is 0.0527. The Morgan fingerprint density at radius 1 is 1.23 bits per heavy atom. The molecule has 2 aromatic rings. The van der Waals surface area contributed by atoms with Gasteiger partial charge in [0.1, 0.15) is 5.69 Å². The van der Waals surface area contributed by atoms with E-state index in [9.17, 15) is 18.4 Å².